The topological polar surface area (TPSA) is 119 Å². The van der Waals surface area contributed by atoms with Gasteiger partial charge in [0.1, 0.15) is 29.3 Å². The summed E-state index contributed by atoms with van der Waals surface area (Å²) in [4.78, 5) is 29.3. The lowest BCUT2D eigenvalue weighted by Crippen LogP contribution is -2.55. The number of halogens is 2. The van der Waals surface area contributed by atoms with Crippen LogP contribution < -0.4 is 10.6 Å². The number of fused-ring (bicyclic) bond motifs is 1. The first kappa shape index (κ1) is 23.0. The third-order valence-corrected chi connectivity index (χ3v) is 7.18. The van der Waals surface area contributed by atoms with Crippen molar-refractivity contribution < 1.29 is 13.6 Å². The van der Waals surface area contributed by atoms with Gasteiger partial charge in [-0.1, -0.05) is 0 Å². The molecule has 0 saturated heterocycles. The fourth-order valence-electron chi connectivity index (χ4n) is 5.12. The number of aromatic nitrogens is 4. The fourth-order valence-corrected chi connectivity index (χ4v) is 5.12. The second kappa shape index (κ2) is 8.88. The monoisotopic (exact) mass is 499 g/mol. The molecule has 0 spiro atoms. The van der Waals surface area contributed by atoms with Gasteiger partial charge < -0.3 is 21.0 Å². The summed E-state index contributed by atoms with van der Waals surface area (Å²) in [5.74, 6) is 0.377. The predicted octanol–water partition coefficient (Wildman–Crippen LogP) is 4.72. The summed E-state index contributed by atoms with van der Waals surface area (Å²) in [6, 6.07) is 10.1. The first-order valence-electron chi connectivity index (χ1n) is 11.9. The van der Waals surface area contributed by atoms with Gasteiger partial charge in [0.15, 0.2) is 11.3 Å². The summed E-state index contributed by atoms with van der Waals surface area (Å²) in [5.41, 5.74) is 3.25. The van der Waals surface area contributed by atoms with Gasteiger partial charge in [0.2, 0.25) is 0 Å². The van der Waals surface area contributed by atoms with Crippen LogP contribution in [0.1, 0.15) is 46.7 Å². The molecule has 0 aliphatic heterocycles. The molecule has 3 fully saturated rings. The Morgan fingerprint density at radius 1 is 1.11 bits per heavy atom. The van der Waals surface area contributed by atoms with E-state index in [0.717, 1.165) is 37.2 Å². The standard InChI is InChI=1S/C27H23F2N7O/c28-19-1-3-21(4-2-19)31-13-18(11-30)17-5-15(6-20(29)7-17)12-32-25(37)23-22-24(34-14-33-23)36-26(35-22)27-8-16(9-27)10-27/h1-7,11,13-14,16,30-31H,8-10,12H2,(H,32,37)(H,33,34,35,36)/b18-13+,30-11?. The smallest absolute Gasteiger partial charge is 0.272 e. The molecule has 3 aliphatic carbocycles. The Morgan fingerprint density at radius 2 is 1.89 bits per heavy atom. The lowest BCUT2D eigenvalue weighted by molar-refractivity contribution is -0.0337. The zero-order valence-corrected chi connectivity index (χ0v) is 19.7. The largest absolute Gasteiger partial charge is 0.361 e. The fraction of sp³-hybridized carbons (Fsp3) is 0.222. The Hall–Kier alpha value is -4.47. The maximum absolute atomic E-state index is 14.4. The van der Waals surface area contributed by atoms with Crippen LogP contribution in [-0.4, -0.2) is 32.1 Å². The van der Waals surface area contributed by atoms with E-state index < -0.39 is 11.7 Å². The van der Waals surface area contributed by atoms with Crippen molar-refractivity contribution >= 4 is 34.5 Å². The molecule has 3 saturated carbocycles. The second-order valence-electron chi connectivity index (χ2n) is 9.69. The summed E-state index contributed by atoms with van der Waals surface area (Å²) in [6.45, 7) is 0.0539. The van der Waals surface area contributed by atoms with Gasteiger partial charge in [-0.05, 0) is 78.8 Å². The van der Waals surface area contributed by atoms with Crippen molar-refractivity contribution in [3.8, 4) is 0 Å². The number of carbonyl (C=O) groups excluding carboxylic acids is 1. The van der Waals surface area contributed by atoms with E-state index >= 15 is 0 Å². The molecule has 3 aliphatic rings. The molecule has 1 amide bonds. The average Bonchev–Trinajstić information content (AvgIpc) is 3.25. The number of rotatable bonds is 8. The molecule has 2 aromatic heterocycles. The highest BCUT2D eigenvalue weighted by molar-refractivity contribution is 6.08. The normalized spacial score (nSPS) is 20.2. The van der Waals surface area contributed by atoms with Gasteiger partial charge in [-0.2, -0.15) is 0 Å². The maximum atomic E-state index is 14.4. The molecular weight excluding hydrogens is 476 g/mol. The maximum Gasteiger partial charge on any atom is 0.272 e. The molecule has 8 nitrogen and oxygen atoms in total. The number of benzene rings is 2. The number of hydrogen-bond donors (Lipinski definition) is 4. The Morgan fingerprint density at radius 3 is 2.59 bits per heavy atom. The van der Waals surface area contributed by atoms with Crippen molar-refractivity contribution in [2.24, 2.45) is 5.92 Å². The molecule has 10 heteroatoms. The number of nitrogens with zero attached hydrogens (tertiary/aromatic N) is 3. The van der Waals surface area contributed by atoms with Gasteiger partial charge in [0.25, 0.3) is 5.91 Å². The van der Waals surface area contributed by atoms with E-state index in [1.807, 2.05) is 0 Å². The van der Waals surface area contributed by atoms with Crippen molar-refractivity contribution in [3.63, 3.8) is 0 Å². The molecular formula is C27H23F2N7O. The molecule has 2 aromatic carbocycles. The van der Waals surface area contributed by atoms with E-state index in [1.54, 1.807) is 18.2 Å². The number of carbonyl (C=O) groups is 1. The second-order valence-corrected chi connectivity index (χ2v) is 9.69. The van der Waals surface area contributed by atoms with Gasteiger partial charge in [0.05, 0.1) is 0 Å². The van der Waals surface area contributed by atoms with Crippen LogP contribution in [0, 0.1) is 23.0 Å². The highest BCUT2D eigenvalue weighted by Gasteiger charge is 2.59. The molecule has 2 heterocycles. The minimum absolute atomic E-state index is 0.0539. The van der Waals surface area contributed by atoms with E-state index in [-0.39, 0.29) is 23.5 Å². The SMILES string of the molecule is N=C/C(=C\Nc1ccc(F)cc1)c1cc(F)cc(CNC(=O)c2ncnc3nc(C45CC(C4)C5)[nH]c23)c1. The highest BCUT2D eigenvalue weighted by atomic mass is 19.1. The van der Waals surface area contributed by atoms with Gasteiger partial charge in [-0.15, -0.1) is 0 Å². The summed E-state index contributed by atoms with van der Waals surface area (Å²) < 4.78 is 27.6. The predicted molar refractivity (Wildman–Crippen MR) is 135 cm³/mol. The summed E-state index contributed by atoms with van der Waals surface area (Å²) in [5, 5.41) is 13.5. The van der Waals surface area contributed by atoms with Crippen molar-refractivity contribution in [1.82, 2.24) is 25.3 Å². The van der Waals surface area contributed by atoms with Crippen LogP contribution in [0.3, 0.4) is 0 Å². The van der Waals surface area contributed by atoms with Crippen LogP contribution in [0.2, 0.25) is 0 Å². The Kier molecular flexibility index (Phi) is 5.51. The number of allylic oxidation sites excluding steroid dienone is 1. The minimum Gasteiger partial charge on any atom is -0.361 e. The Labute approximate surface area is 210 Å². The van der Waals surface area contributed by atoms with Crippen LogP contribution in [0.5, 0.6) is 0 Å². The van der Waals surface area contributed by atoms with Crippen LogP contribution in [-0.2, 0) is 12.0 Å². The molecule has 0 unspecified atom stereocenters. The van der Waals surface area contributed by atoms with Gasteiger partial charge in [-0.3, -0.25) is 4.79 Å². The Balaban J connectivity index is 1.18. The number of amides is 1. The van der Waals surface area contributed by atoms with Crippen molar-refractivity contribution in [2.45, 2.75) is 31.2 Å². The molecule has 4 N–H and O–H groups in total. The van der Waals surface area contributed by atoms with Crippen LogP contribution in [0.25, 0.3) is 16.7 Å². The van der Waals surface area contributed by atoms with E-state index in [0.29, 0.717) is 33.6 Å². The van der Waals surface area contributed by atoms with Crippen molar-refractivity contribution in [2.75, 3.05) is 5.32 Å². The number of hydrogen-bond acceptors (Lipinski definition) is 6. The third kappa shape index (κ3) is 4.24. The van der Waals surface area contributed by atoms with Crippen LogP contribution in [0.15, 0.2) is 55.0 Å². The minimum atomic E-state index is -0.502. The van der Waals surface area contributed by atoms with E-state index in [1.165, 1.54) is 36.8 Å². The third-order valence-electron chi connectivity index (χ3n) is 7.18. The zero-order valence-electron chi connectivity index (χ0n) is 19.7. The van der Waals surface area contributed by atoms with Crippen molar-refractivity contribution in [3.05, 3.63) is 89.3 Å². The van der Waals surface area contributed by atoms with E-state index in [2.05, 4.69) is 30.6 Å². The molecule has 4 aromatic rings. The number of imidazole rings is 1. The summed E-state index contributed by atoms with van der Waals surface area (Å²) in [7, 11) is 0. The van der Waals surface area contributed by atoms with Gasteiger partial charge >= 0.3 is 0 Å². The average molecular weight is 500 g/mol. The number of aromatic amines is 1. The highest BCUT2D eigenvalue weighted by Crippen LogP contribution is 2.64. The van der Waals surface area contributed by atoms with Gasteiger partial charge in [-0.25, -0.2) is 23.7 Å². The first-order valence-corrected chi connectivity index (χ1v) is 11.9. The molecule has 2 bridgehead atoms. The van der Waals surface area contributed by atoms with Gasteiger partial charge in [0, 0.05) is 35.6 Å². The van der Waals surface area contributed by atoms with E-state index in [4.69, 9.17) is 5.41 Å². The molecule has 0 atom stereocenters. The molecule has 37 heavy (non-hydrogen) atoms. The first-order chi connectivity index (χ1) is 17.9. The molecule has 0 radical (unpaired) electrons. The number of anilines is 1. The lowest BCUT2D eigenvalue weighted by Gasteiger charge is -2.60. The number of nitrogens with one attached hydrogen (secondary N) is 4. The van der Waals surface area contributed by atoms with E-state index in [9.17, 15) is 13.6 Å². The van der Waals surface area contributed by atoms with Crippen molar-refractivity contribution in [1.29, 1.82) is 5.41 Å². The number of H-pyrrole nitrogens is 1. The zero-order chi connectivity index (χ0) is 25.6. The van der Waals surface area contributed by atoms with Crippen LogP contribution >= 0.6 is 0 Å². The summed E-state index contributed by atoms with van der Waals surface area (Å²) >= 11 is 0. The van der Waals surface area contributed by atoms with Crippen LogP contribution in [0.4, 0.5) is 14.5 Å². The summed E-state index contributed by atoms with van der Waals surface area (Å²) in [6.07, 6.45) is 7.31. The quantitative estimate of drug-likeness (QED) is 0.262. The molecule has 7 rings (SSSR count). The lowest BCUT2D eigenvalue weighted by atomic mass is 9.44. The Bertz CT molecular complexity index is 1540. The molecule has 186 valence electrons.